The first-order valence-corrected chi connectivity index (χ1v) is 14.0. The molecule has 174 valence electrons. The van der Waals surface area contributed by atoms with E-state index >= 15 is 0 Å². The molecule has 0 aliphatic carbocycles. The van der Waals surface area contributed by atoms with Gasteiger partial charge >= 0.3 is 0 Å². The molecule has 0 unspecified atom stereocenters. The van der Waals surface area contributed by atoms with Crippen molar-refractivity contribution in [2.75, 3.05) is 11.9 Å². The average Bonchev–Trinajstić information content (AvgIpc) is 3.47. The molecule has 34 heavy (non-hydrogen) atoms. The molecular formula is C25H22Cl2N3OS3+. The maximum absolute atomic E-state index is 13.4. The number of hydrogen-bond donors (Lipinski definition) is 0. The average molecular weight is 548 g/mol. The number of hydrogen-bond acceptors (Lipinski definition) is 5. The molecular weight excluding hydrogens is 525 g/mol. The molecule has 4 nitrogen and oxygen atoms in total. The lowest BCUT2D eigenvalue weighted by Gasteiger charge is -2.12. The first kappa shape index (κ1) is 23.7. The van der Waals surface area contributed by atoms with Crippen LogP contribution in [-0.2, 0) is 13.1 Å². The maximum Gasteiger partial charge on any atom is 0.271 e. The predicted octanol–water partition coefficient (Wildman–Crippen LogP) is 5.08. The van der Waals surface area contributed by atoms with Gasteiger partial charge in [-0.15, -0.1) is 11.3 Å². The van der Waals surface area contributed by atoms with E-state index in [0.717, 1.165) is 30.5 Å². The van der Waals surface area contributed by atoms with E-state index in [9.17, 15) is 4.79 Å². The van der Waals surface area contributed by atoms with E-state index in [4.69, 9.17) is 23.2 Å². The van der Waals surface area contributed by atoms with Crippen LogP contribution in [0, 0.1) is 6.92 Å². The standard InChI is InChI=1S/C25H22Cl2N3OS3/c1-4-30-22(13-21-29(10-11-32-21)14-16-17(26)6-5-7-18(16)27)34-23(24(30)31)25-28(3)19-9-8-15(2)12-20(19)33-25/h5-13H,4,14H2,1-3H3/q+1/b25-23+. The summed E-state index contributed by atoms with van der Waals surface area (Å²) < 4.78 is 5.66. The number of thiazole rings is 2. The Bertz CT molecular complexity index is 1570. The molecule has 0 N–H and O–H groups in total. The van der Waals surface area contributed by atoms with Crippen molar-refractivity contribution in [1.29, 1.82) is 0 Å². The van der Waals surface area contributed by atoms with E-state index < -0.39 is 0 Å². The molecule has 9 heteroatoms. The highest BCUT2D eigenvalue weighted by molar-refractivity contribution is 8.08. The molecule has 0 radical (unpaired) electrons. The quantitative estimate of drug-likeness (QED) is 0.334. The zero-order valence-corrected chi connectivity index (χ0v) is 22.8. The van der Waals surface area contributed by atoms with E-state index in [2.05, 4.69) is 40.7 Å². The van der Waals surface area contributed by atoms with Crippen molar-refractivity contribution >= 4 is 74.4 Å². The van der Waals surface area contributed by atoms with Crippen LogP contribution >= 0.6 is 57.6 Å². The van der Waals surface area contributed by atoms with Crippen LogP contribution in [0.25, 0.3) is 11.1 Å². The number of anilines is 1. The fourth-order valence-corrected chi connectivity index (χ4v) is 7.88. The third-order valence-electron chi connectivity index (χ3n) is 5.76. The van der Waals surface area contributed by atoms with Gasteiger partial charge in [0.1, 0.15) is 14.2 Å². The number of nitrogens with zero attached hydrogens (tertiary/aromatic N) is 3. The Labute approximate surface area is 220 Å². The van der Waals surface area contributed by atoms with Crippen molar-refractivity contribution < 1.29 is 4.57 Å². The number of rotatable bonds is 4. The molecule has 0 amide bonds. The summed E-state index contributed by atoms with van der Waals surface area (Å²) in [6, 6.07) is 12.0. The van der Waals surface area contributed by atoms with Gasteiger partial charge in [0.25, 0.3) is 10.6 Å². The van der Waals surface area contributed by atoms with E-state index in [0.29, 0.717) is 23.1 Å². The molecule has 0 saturated carbocycles. The van der Waals surface area contributed by atoms with Gasteiger partial charge in [0.05, 0.1) is 32.8 Å². The number of halogens is 2. The van der Waals surface area contributed by atoms with E-state index in [1.807, 2.05) is 48.3 Å². The Morgan fingerprint density at radius 3 is 2.65 bits per heavy atom. The molecule has 0 fully saturated rings. The van der Waals surface area contributed by atoms with Crippen molar-refractivity contribution in [3.63, 3.8) is 0 Å². The minimum Gasteiger partial charge on any atom is -0.337 e. The molecule has 1 aliphatic heterocycles. The molecule has 0 saturated heterocycles. The Morgan fingerprint density at radius 2 is 1.91 bits per heavy atom. The molecule has 3 heterocycles. The maximum atomic E-state index is 13.4. The number of thioether (sulfide) groups is 1. The fourth-order valence-electron chi connectivity index (χ4n) is 3.95. The van der Waals surface area contributed by atoms with Crippen molar-refractivity contribution in [3.05, 3.63) is 93.7 Å². The van der Waals surface area contributed by atoms with Gasteiger partial charge in [-0.25, -0.2) is 0 Å². The first-order chi connectivity index (χ1) is 16.4. The third-order valence-corrected chi connectivity index (χ3v) is 9.79. The van der Waals surface area contributed by atoms with Crippen LogP contribution in [0.2, 0.25) is 10.0 Å². The van der Waals surface area contributed by atoms with Crippen molar-refractivity contribution in [3.8, 4) is 0 Å². The van der Waals surface area contributed by atoms with E-state index in [1.54, 1.807) is 34.4 Å². The molecule has 0 atom stereocenters. The van der Waals surface area contributed by atoms with Crippen molar-refractivity contribution in [2.45, 2.75) is 31.8 Å². The molecule has 4 aromatic rings. The van der Waals surface area contributed by atoms with Gasteiger partial charge < -0.3 is 4.90 Å². The summed E-state index contributed by atoms with van der Waals surface area (Å²) in [6.45, 7) is 5.27. The summed E-state index contributed by atoms with van der Waals surface area (Å²) in [6.07, 6.45) is 4.11. The van der Waals surface area contributed by atoms with Crippen LogP contribution in [0.15, 0.2) is 57.7 Å². The predicted molar refractivity (Wildman–Crippen MR) is 146 cm³/mol. The summed E-state index contributed by atoms with van der Waals surface area (Å²) in [5.41, 5.74) is 3.29. The monoisotopic (exact) mass is 546 g/mol. The highest BCUT2D eigenvalue weighted by Crippen LogP contribution is 2.45. The highest BCUT2D eigenvalue weighted by atomic mass is 35.5. The smallest absolute Gasteiger partial charge is 0.271 e. The molecule has 0 spiro atoms. The minimum absolute atomic E-state index is 0.0508. The fraction of sp³-hybridized carbons (Fsp3) is 0.200. The number of benzene rings is 2. The van der Waals surface area contributed by atoms with Gasteiger partial charge in [0.2, 0.25) is 0 Å². The van der Waals surface area contributed by atoms with Crippen LogP contribution in [0.5, 0.6) is 0 Å². The van der Waals surface area contributed by atoms with Crippen LogP contribution in [-0.4, -0.2) is 11.6 Å². The summed E-state index contributed by atoms with van der Waals surface area (Å²) in [5, 5.41) is 5.34. The molecule has 0 bridgehead atoms. The van der Waals surface area contributed by atoms with Gasteiger partial charge in [-0.2, -0.15) is 4.57 Å². The topological polar surface area (TPSA) is 29.1 Å². The Hall–Kier alpha value is -2.03. The Kier molecular flexibility index (Phi) is 6.66. The second-order valence-corrected chi connectivity index (χ2v) is 11.8. The number of fused-ring (bicyclic) bond motifs is 1. The number of aryl methyl sites for hydroxylation is 1. The van der Waals surface area contributed by atoms with Crippen molar-refractivity contribution in [1.82, 2.24) is 4.57 Å². The Morgan fingerprint density at radius 1 is 1.15 bits per heavy atom. The molecule has 5 rings (SSSR count). The molecule has 1 aliphatic rings. The largest absolute Gasteiger partial charge is 0.337 e. The summed E-state index contributed by atoms with van der Waals surface area (Å²) in [7, 11) is 2.03. The second-order valence-electron chi connectivity index (χ2n) is 7.97. The zero-order chi connectivity index (χ0) is 24.0. The lowest BCUT2D eigenvalue weighted by molar-refractivity contribution is -0.685. The summed E-state index contributed by atoms with van der Waals surface area (Å²) in [4.78, 5) is 16.7. The van der Waals surface area contributed by atoms with Gasteiger partial charge in [-0.3, -0.25) is 9.36 Å². The van der Waals surface area contributed by atoms with E-state index in [-0.39, 0.29) is 5.56 Å². The normalized spacial score (nSPS) is 15.3. The van der Waals surface area contributed by atoms with Gasteiger partial charge in [0, 0.05) is 18.5 Å². The van der Waals surface area contributed by atoms with Crippen LogP contribution in [0.3, 0.4) is 0 Å². The first-order valence-electron chi connectivity index (χ1n) is 10.7. The van der Waals surface area contributed by atoms with Gasteiger partial charge in [-0.1, -0.05) is 58.4 Å². The highest BCUT2D eigenvalue weighted by Gasteiger charge is 2.25. The second kappa shape index (κ2) is 9.55. The molecule has 2 aromatic heterocycles. The Balaban J connectivity index is 1.61. The lowest BCUT2D eigenvalue weighted by atomic mass is 10.2. The minimum atomic E-state index is 0.0508. The van der Waals surface area contributed by atoms with Gasteiger partial charge in [-0.05, 0) is 43.7 Å². The van der Waals surface area contributed by atoms with Crippen LogP contribution < -0.4 is 24.2 Å². The lowest BCUT2D eigenvalue weighted by Crippen LogP contribution is -2.36. The SMILES string of the molecule is CCn1c(=O)/c(=C2\Sc3cc(C)ccc3N2C)s/c1=C\c1scc[n+]1Cc1c(Cl)cccc1Cl. The van der Waals surface area contributed by atoms with Crippen molar-refractivity contribution in [2.24, 2.45) is 0 Å². The summed E-state index contributed by atoms with van der Waals surface area (Å²) >= 11 is 17.6. The zero-order valence-electron chi connectivity index (χ0n) is 18.8. The third kappa shape index (κ3) is 4.25. The van der Waals surface area contributed by atoms with Gasteiger partial charge in [0.15, 0.2) is 12.7 Å². The number of aromatic nitrogens is 2. The van der Waals surface area contributed by atoms with Crippen LogP contribution in [0.1, 0.15) is 23.1 Å². The van der Waals surface area contributed by atoms with E-state index in [1.165, 1.54) is 10.5 Å². The van der Waals surface area contributed by atoms with Crippen LogP contribution in [0.4, 0.5) is 5.69 Å². The summed E-state index contributed by atoms with van der Waals surface area (Å²) in [5.74, 6) is 0. The molecule has 2 aromatic carbocycles.